The number of para-hydroxylation sites is 1. The van der Waals surface area contributed by atoms with E-state index >= 15 is 0 Å². The van der Waals surface area contributed by atoms with Crippen molar-refractivity contribution in [1.82, 2.24) is 4.90 Å². The minimum Gasteiger partial charge on any atom is -0.324 e. The number of amides is 3. The van der Waals surface area contributed by atoms with Gasteiger partial charge in [0.15, 0.2) is 0 Å². The largest absolute Gasteiger partial charge is 0.324 e. The first kappa shape index (κ1) is 15.3. The Kier molecular flexibility index (Phi) is 3.23. The fraction of sp³-hybridized carbons (Fsp3) is 0.421. The van der Waals surface area contributed by atoms with E-state index in [4.69, 9.17) is 0 Å². The highest BCUT2D eigenvalue weighted by molar-refractivity contribution is 9.10. The fourth-order valence-electron chi connectivity index (χ4n) is 5.07. The van der Waals surface area contributed by atoms with Gasteiger partial charge in [0.1, 0.15) is 6.54 Å². The van der Waals surface area contributed by atoms with Crippen molar-refractivity contribution in [3.8, 4) is 0 Å². The number of imide groups is 1. The highest BCUT2D eigenvalue weighted by atomic mass is 79.9. The molecule has 6 heteroatoms. The SMILES string of the molecule is O=C(CN1C(=O)[C@@H]2[C@H]3C=C[C@@H]([C@@H]4C[C@@H]34)[C@H]2C1=O)Nc1ccccc1Br. The van der Waals surface area contributed by atoms with E-state index < -0.39 is 0 Å². The van der Waals surface area contributed by atoms with Gasteiger partial charge in [-0.15, -0.1) is 0 Å². The molecule has 2 saturated carbocycles. The molecular formula is C19H17BrN2O3. The van der Waals surface area contributed by atoms with Gasteiger partial charge in [-0.2, -0.15) is 0 Å². The van der Waals surface area contributed by atoms with Crippen LogP contribution in [0.25, 0.3) is 0 Å². The van der Waals surface area contributed by atoms with Crippen LogP contribution < -0.4 is 5.32 Å². The summed E-state index contributed by atoms with van der Waals surface area (Å²) >= 11 is 3.38. The van der Waals surface area contributed by atoms with Crippen LogP contribution in [0, 0.1) is 35.5 Å². The molecule has 0 radical (unpaired) electrons. The lowest BCUT2D eigenvalue weighted by atomic mass is 9.63. The maximum Gasteiger partial charge on any atom is 0.244 e. The van der Waals surface area contributed by atoms with Crippen molar-refractivity contribution in [2.24, 2.45) is 35.5 Å². The Morgan fingerprint density at radius 1 is 1.08 bits per heavy atom. The number of halogens is 1. The van der Waals surface area contributed by atoms with E-state index in [-0.39, 0.29) is 47.9 Å². The maximum atomic E-state index is 12.8. The highest BCUT2D eigenvalue weighted by Crippen LogP contribution is 2.65. The summed E-state index contributed by atoms with van der Waals surface area (Å²) in [6, 6.07) is 7.27. The standard InChI is InChI=1S/C19H17BrN2O3/c20-13-3-1-2-4-14(13)21-15(23)8-22-18(24)16-9-5-6-10(12-7-11(9)12)17(16)19(22)25/h1-6,9-12,16-17H,7-8H2,(H,21,23)/t9-,10-,11-,12-,16+,17+/m0/s1. The topological polar surface area (TPSA) is 66.5 Å². The van der Waals surface area contributed by atoms with Crippen molar-refractivity contribution >= 4 is 39.3 Å². The van der Waals surface area contributed by atoms with E-state index in [1.165, 1.54) is 4.90 Å². The van der Waals surface area contributed by atoms with Gasteiger partial charge in [-0.25, -0.2) is 0 Å². The van der Waals surface area contributed by atoms with Gasteiger partial charge < -0.3 is 5.32 Å². The molecule has 1 aliphatic heterocycles. The average molecular weight is 401 g/mol. The normalized spacial score (nSPS) is 37.1. The lowest BCUT2D eigenvalue weighted by Crippen LogP contribution is -2.40. The van der Waals surface area contributed by atoms with Crippen LogP contribution in [0.2, 0.25) is 0 Å². The number of likely N-dealkylation sites (tertiary alicyclic amines) is 1. The van der Waals surface area contributed by atoms with E-state index in [2.05, 4.69) is 33.4 Å². The predicted octanol–water partition coefficient (Wildman–Crippen LogP) is 2.44. The zero-order chi connectivity index (χ0) is 17.3. The fourth-order valence-corrected chi connectivity index (χ4v) is 5.45. The van der Waals surface area contributed by atoms with Gasteiger partial charge in [0, 0.05) is 4.47 Å². The number of carbonyl (C=O) groups is 3. The molecule has 128 valence electrons. The van der Waals surface area contributed by atoms with Gasteiger partial charge in [-0.05, 0) is 58.2 Å². The van der Waals surface area contributed by atoms with Crippen LogP contribution in [-0.4, -0.2) is 29.2 Å². The van der Waals surface area contributed by atoms with Crippen molar-refractivity contribution in [2.45, 2.75) is 6.42 Å². The number of nitrogens with one attached hydrogen (secondary N) is 1. The van der Waals surface area contributed by atoms with Crippen molar-refractivity contribution in [1.29, 1.82) is 0 Å². The van der Waals surface area contributed by atoms with Gasteiger partial charge in [-0.1, -0.05) is 24.3 Å². The molecule has 4 aliphatic carbocycles. The Labute approximate surface area is 153 Å². The smallest absolute Gasteiger partial charge is 0.244 e. The average Bonchev–Trinajstić information content (AvgIpc) is 3.38. The highest BCUT2D eigenvalue weighted by Gasteiger charge is 2.67. The Balaban J connectivity index is 1.34. The number of allylic oxidation sites excluding steroid dienone is 2. The Morgan fingerprint density at radius 2 is 1.68 bits per heavy atom. The third-order valence-electron chi connectivity index (χ3n) is 6.20. The first-order valence-corrected chi connectivity index (χ1v) is 9.43. The van der Waals surface area contributed by atoms with Crippen molar-refractivity contribution in [3.05, 3.63) is 40.9 Å². The summed E-state index contributed by atoms with van der Waals surface area (Å²) in [5.74, 6) is 0.344. The second-order valence-electron chi connectivity index (χ2n) is 7.45. The summed E-state index contributed by atoms with van der Waals surface area (Å²) in [7, 11) is 0. The van der Waals surface area contributed by atoms with Crippen molar-refractivity contribution in [2.75, 3.05) is 11.9 Å². The first-order valence-electron chi connectivity index (χ1n) is 8.64. The molecule has 6 rings (SSSR count). The molecule has 3 amide bonds. The third kappa shape index (κ3) is 2.16. The lowest BCUT2D eigenvalue weighted by Gasteiger charge is -2.37. The monoisotopic (exact) mass is 400 g/mol. The molecule has 0 unspecified atom stereocenters. The molecule has 1 N–H and O–H groups in total. The summed E-state index contributed by atoms with van der Waals surface area (Å²) in [5, 5.41) is 2.77. The van der Waals surface area contributed by atoms with Crippen molar-refractivity contribution < 1.29 is 14.4 Å². The van der Waals surface area contributed by atoms with Crippen LogP contribution in [0.3, 0.4) is 0 Å². The Hall–Kier alpha value is -1.95. The van der Waals surface area contributed by atoms with Gasteiger partial charge in [0.05, 0.1) is 17.5 Å². The van der Waals surface area contributed by atoms with E-state index in [1.807, 2.05) is 18.2 Å². The molecule has 1 heterocycles. The second-order valence-corrected chi connectivity index (χ2v) is 8.30. The predicted molar refractivity (Wildman–Crippen MR) is 94.2 cm³/mol. The summed E-state index contributed by atoms with van der Waals surface area (Å²) in [4.78, 5) is 39.2. The molecule has 6 atom stereocenters. The Morgan fingerprint density at radius 3 is 2.28 bits per heavy atom. The van der Waals surface area contributed by atoms with E-state index in [0.717, 1.165) is 10.9 Å². The molecule has 0 spiro atoms. The lowest BCUT2D eigenvalue weighted by molar-refractivity contribution is -0.142. The van der Waals surface area contributed by atoms with Gasteiger partial charge >= 0.3 is 0 Å². The number of nitrogens with zero attached hydrogens (tertiary/aromatic N) is 1. The summed E-state index contributed by atoms with van der Waals surface area (Å²) in [6.45, 7) is -0.208. The summed E-state index contributed by atoms with van der Waals surface area (Å²) in [5.41, 5.74) is 0.631. The van der Waals surface area contributed by atoms with Crippen LogP contribution >= 0.6 is 15.9 Å². The number of anilines is 1. The number of benzene rings is 1. The molecule has 5 nitrogen and oxygen atoms in total. The molecule has 25 heavy (non-hydrogen) atoms. The van der Waals surface area contributed by atoms with Crippen LogP contribution in [-0.2, 0) is 14.4 Å². The minimum absolute atomic E-state index is 0.165. The molecule has 2 bridgehead atoms. The van der Waals surface area contributed by atoms with Crippen LogP contribution in [0.15, 0.2) is 40.9 Å². The molecule has 5 aliphatic rings. The second kappa shape index (κ2) is 5.27. The third-order valence-corrected chi connectivity index (χ3v) is 6.90. The number of hydrogen-bond donors (Lipinski definition) is 1. The zero-order valence-corrected chi connectivity index (χ0v) is 15.0. The van der Waals surface area contributed by atoms with E-state index in [1.54, 1.807) is 6.07 Å². The molecule has 0 aromatic heterocycles. The first-order chi connectivity index (χ1) is 12.1. The molecule has 3 fully saturated rings. The number of carbonyl (C=O) groups excluding carboxylic acids is 3. The van der Waals surface area contributed by atoms with Crippen LogP contribution in [0.5, 0.6) is 0 Å². The van der Waals surface area contributed by atoms with Crippen LogP contribution in [0.4, 0.5) is 5.69 Å². The number of rotatable bonds is 3. The van der Waals surface area contributed by atoms with E-state index in [0.29, 0.717) is 17.5 Å². The Bertz CT molecular complexity index is 800. The van der Waals surface area contributed by atoms with Gasteiger partial charge in [0.2, 0.25) is 17.7 Å². The molecule has 1 aromatic carbocycles. The van der Waals surface area contributed by atoms with E-state index in [9.17, 15) is 14.4 Å². The van der Waals surface area contributed by atoms with Crippen molar-refractivity contribution in [3.63, 3.8) is 0 Å². The molecule has 1 aromatic rings. The number of hydrogen-bond acceptors (Lipinski definition) is 3. The van der Waals surface area contributed by atoms with Gasteiger partial charge in [-0.3, -0.25) is 19.3 Å². The maximum absolute atomic E-state index is 12.8. The van der Waals surface area contributed by atoms with Crippen LogP contribution in [0.1, 0.15) is 6.42 Å². The molecular weight excluding hydrogens is 384 g/mol. The molecule has 1 saturated heterocycles. The minimum atomic E-state index is -0.349. The zero-order valence-electron chi connectivity index (χ0n) is 13.4. The summed E-state index contributed by atoms with van der Waals surface area (Å²) < 4.78 is 0.762. The summed E-state index contributed by atoms with van der Waals surface area (Å²) in [6.07, 6.45) is 5.41. The quantitative estimate of drug-likeness (QED) is 0.625. The van der Waals surface area contributed by atoms with Gasteiger partial charge in [0.25, 0.3) is 0 Å².